The molecule has 1 aliphatic rings. The molecule has 1 aromatic rings. The summed E-state index contributed by atoms with van der Waals surface area (Å²) < 4.78 is 5.74. The zero-order chi connectivity index (χ0) is 14.7. The predicted octanol–water partition coefficient (Wildman–Crippen LogP) is 2.50. The second-order valence-corrected chi connectivity index (χ2v) is 6.14. The Morgan fingerprint density at radius 2 is 2.20 bits per heavy atom. The van der Waals surface area contributed by atoms with Crippen LogP contribution >= 0.6 is 0 Å². The van der Waals surface area contributed by atoms with Gasteiger partial charge in [-0.3, -0.25) is 4.98 Å². The first-order chi connectivity index (χ1) is 9.47. The molecule has 1 N–H and O–H groups in total. The van der Waals surface area contributed by atoms with Gasteiger partial charge in [-0.15, -0.1) is 0 Å². The summed E-state index contributed by atoms with van der Waals surface area (Å²) in [5, 5.41) is 3.49. The van der Waals surface area contributed by atoms with Crippen molar-refractivity contribution >= 4 is 5.69 Å². The third kappa shape index (κ3) is 3.70. The standard InChI is InChI=1S/C16H27N3O/c1-11(2)17-7-15-8-18-12(3)6-16(15)19-9-14(5)20-10-13(19)4/h6,8,11,13-14,17H,7,9-10H2,1-5H3. The molecular weight excluding hydrogens is 250 g/mol. The van der Waals surface area contributed by atoms with Crippen molar-refractivity contribution in [3.63, 3.8) is 0 Å². The molecule has 112 valence electrons. The van der Waals surface area contributed by atoms with E-state index in [4.69, 9.17) is 4.74 Å². The fourth-order valence-corrected chi connectivity index (χ4v) is 2.53. The minimum Gasteiger partial charge on any atom is -0.375 e. The van der Waals surface area contributed by atoms with Crippen LogP contribution in [-0.4, -0.2) is 36.3 Å². The third-order valence-corrected chi connectivity index (χ3v) is 3.72. The van der Waals surface area contributed by atoms with Gasteiger partial charge in [0.2, 0.25) is 0 Å². The van der Waals surface area contributed by atoms with Crippen LogP contribution in [0.3, 0.4) is 0 Å². The highest BCUT2D eigenvalue weighted by Crippen LogP contribution is 2.26. The minimum atomic E-state index is 0.283. The first-order valence-corrected chi connectivity index (χ1v) is 7.54. The number of anilines is 1. The van der Waals surface area contributed by atoms with Crippen molar-refractivity contribution in [2.75, 3.05) is 18.1 Å². The fourth-order valence-electron chi connectivity index (χ4n) is 2.53. The average Bonchev–Trinajstić information content (AvgIpc) is 2.40. The molecule has 2 unspecified atom stereocenters. The SMILES string of the molecule is Cc1cc(N2CC(C)OCC2C)c(CNC(C)C)cn1. The molecule has 1 fully saturated rings. The van der Waals surface area contributed by atoms with Crippen molar-refractivity contribution in [2.24, 2.45) is 0 Å². The van der Waals surface area contributed by atoms with Crippen molar-refractivity contribution in [1.29, 1.82) is 0 Å². The molecule has 4 heteroatoms. The average molecular weight is 277 g/mol. The summed E-state index contributed by atoms with van der Waals surface area (Å²) in [6, 6.07) is 3.09. The number of ether oxygens (including phenoxy) is 1. The van der Waals surface area contributed by atoms with Crippen LogP contribution in [0, 0.1) is 6.92 Å². The zero-order valence-electron chi connectivity index (χ0n) is 13.3. The van der Waals surface area contributed by atoms with Crippen LogP contribution in [0.1, 0.15) is 39.0 Å². The summed E-state index contributed by atoms with van der Waals surface area (Å²) >= 11 is 0. The van der Waals surface area contributed by atoms with Crippen LogP contribution < -0.4 is 10.2 Å². The lowest BCUT2D eigenvalue weighted by Crippen LogP contribution is -2.48. The van der Waals surface area contributed by atoms with Gasteiger partial charge in [-0.1, -0.05) is 13.8 Å². The molecule has 1 saturated heterocycles. The van der Waals surface area contributed by atoms with Crippen molar-refractivity contribution in [1.82, 2.24) is 10.3 Å². The summed E-state index contributed by atoms with van der Waals surface area (Å²) in [6.07, 6.45) is 2.29. The van der Waals surface area contributed by atoms with Crippen molar-refractivity contribution in [3.05, 3.63) is 23.5 Å². The number of morpholine rings is 1. The van der Waals surface area contributed by atoms with Gasteiger partial charge in [-0.2, -0.15) is 0 Å². The lowest BCUT2D eigenvalue weighted by atomic mass is 10.1. The normalized spacial score (nSPS) is 23.4. The number of nitrogens with one attached hydrogen (secondary N) is 1. The molecular formula is C16H27N3O. The Labute approximate surface area is 122 Å². The van der Waals surface area contributed by atoms with Gasteiger partial charge in [-0.25, -0.2) is 0 Å². The Balaban J connectivity index is 2.25. The monoisotopic (exact) mass is 277 g/mol. The van der Waals surface area contributed by atoms with Crippen LogP contribution in [0.2, 0.25) is 0 Å². The quantitative estimate of drug-likeness (QED) is 0.917. The summed E-state index contributed by atoms with van der Waals surface area (Å²) in [7, 11) is 0. The Morgan fingerprint density at radius 3 is 2.90 bits per heavy atom. The number of hydrogen-bond acceptors (Lipinski definition) is 4. The Bertz CT molecular complexity index is 447. The van der Waals surface area contributed by atoms with E-state index in [1.54, 1.807) is 0 Å². The smallest absolute Gasteiger partial charge is 0.0723 e. The van der Waals surface area contributed by atoms with Gasteiger partial charge < -0.3 is 15.0 Å². The molecule has 2 rings (SSSR count). The maximum Gasteiger partial charge on any atom is 0.0723 e. The van der Waals surface area contributed by atoms with E-state index in [1.165, 1.54) is 11.3 Å². The molecule has 0 spiro atoms. The van der Waals surface area contributed by atoms with Crippen LogP contribution in [0.25, 0.3) is 0 Å². The Hall–Kier alpha value is -1.13. The number of rotatable bonds is 4. The Kier molecular flexibility index (Phi) is 5.00. The fraction of sp³-hybridized carbons (Fsp3) is 0.688. The van der Waals surface area contributed by atoms with Gasteiger partial charge in [0.05, 0.1) is 12.7 Å². The number of pyridine rings is 1. The number of aromatic nitrogens is 1. The first kappa shape index (κ1) is 15.3. The van der Waals surface area contributed by atoms with E-state index in [0.29, 0.717) is 12.1 Å². The molecule has 0 radical (unpaired) electrons. The molecule has 4 nitrogen and oxygen atoms in total. The maximum atomic E-state index is 5.74. The van der Waals surface area contributed by atoms with Gasteiger partial charge in [-0.05, 0) is 26.8 Å². The molecule has 2 heterocycles. The molecule has 1 aliphatic heterocycles. The third-order valence-electron chi connectivity index (χ3n) is 3.72. The van der Waals surface area contributed by atoms with E-state index in [0.717, 1.165) is 25.4 Å². The second kappa shape index (κ2) is 6.55. The van der Waals surface area contributed by atoms with E-state index in [1.807, 2.05) is 6.20 Å². The number of nitrogens with zero attached hydrogens (tertiary/aromatic N) is 2. The van der Waals surface area contributed by atoms with Crippen molar-refractivity contribution < 1.29 is 4.74 Å². The second-order valence-electron chi connectivity index (χ2n) is 6.14. The van der Waals surface area contributed by atoms with Gasteiger partial charge in [0.15, 0.2) is 0 Å². The molecule has 0 amide bonds. The number of hydrogen-bond donors (Lipinski definition) is 1. The summed E-state index contributed by atoms with van der Waals surface area (Å²) in [5.41, 5.74) is 3.64. The summed E-state index contributed by atoms with van der Waals surface area (Å²) in [4.78, 5) is 6.92. The molecule has 0 bridgehead atoms. The molecule has 1 aromatic heterocycles. The molecule has 20 heavy (non-hydrogen) atoms. The highest BCUT2D eigenvalue weighted by molar-refractivity contribution is 5.55. The summed E-state index contributed by atoms with van der Waals surface area (Å²) in [5.74, 6) is 0. The largest absolute Gasteiger partial charge is 0.375 e. The highest BCUT2D eigenvalue weighted by Gasteiger charge is 2.25. The molecule has 0 saturated carbocycles. The van der Waals surface area contributed by atoms with Crippen LogP contribution in [0.4, 0.5) is 5.69 Å². The lowest BCUT2D eigenvalue weighted by Gasteiger charge is -2.39. The molecule has 0 aromatic carbocycles. The van der Waals surface area contributed by atoms with Gasteiger partial charge in [0.1, 0.15) is 0 Å². The van der Waals surface area contributed by atoms with Crippen LogP contribution in [-0.2, 0) is 11.3 Å². The van der Waals surface area contributed by atoms with E-state index < -0.39 is 0 Å². The maximum absolute atomic E-state index is 5.74. The van der Waals surface area contributed by atoms with E-state index in [9.17, 15) is 0 Å². The van der Waals surface area contributed by atoms with Gasteiger partial charge in [0.25, 0.3) is 0 Å². The van der Waals surface area contributed by atoms with Crippen LogP contribution in [0.15, 0.2) is 12.3 Å². The topological polar surface area (TPSA) is 37.4 Å². The predicted molar refractivity (Wildman–Crippen MR) is 83.2 cm³/mol. The van der Waals surface area contributed by atoms with Crippen molar-refractivity contribution in [3.8, 4) is 0 Å². The Morgan fingerprint density at radius 1 is 1.45 bits per heavy atom. The van der Waals surface area contributed by atoms with Gasteiger partial charge >= 0.3 is 0 Å². The molecule has 0 aliphatic carbocycles. The van der Waals surface area contributed by atoms with E-state index >= 15 is 0 Å². The highest BCUT2D eigenvalue weighted by atomic mass is 16.5. The van der Waals surface area contributed by atoms with Gasteiger partial charge in [0, 0.05) is 48.3 Å². The van der Waals surface area contributed by atoms with Crippen molar-refractivity contribution in [2.45, 2.75) is 59.4 Å². The van der Waals surface area contributed by atoms with Crippen LogP contribution in [0.5, 0.6) is 0 Å². The molecule has 2 atom stereocenters. The lowest BCUT2D eigenvalue weighted by molar-refractivity contribution is 0.0343. The zero-order valence-corrected chi connectivity index (χ0v) is 13.3. The summed E-state index contributed by atoms with van der Waals surface area (Å²) in [6.45, 7) is 13.3. The number of aryl methyl sites for hydroxylation is 1. The minimum absolute atomic E-state index is 0.283. The first-order valence-electron chi connectivity index (χ1n) is 7.54. The van der Waals surface area contributed by atoms with E-state index in [-0.39, 0.29) is 6.10 Å². The van der Waals surface area contributed by atoms with E-state index in [2.05, 4.69) is 55.9 Å².